The van der Waals surface area contributed by atoms with E-state index in [0.717, 1.165) is 30.7 Å². The number of methoxy groups -OCH3 is 1. The van der Waals surface area contributed by atoms with Crippen LogP contribution in [0.15, 0.2) is 18.2 Å². The standard InChI is InChI=1S/C16H23NO2/c1-16(2,3)11-7-8-14(19-4)13(10-11)12-6-5-9-17-15(12)18/h7-8,10,12H,5-6,9H2,1-4H3,(H,17,18). The topological polar surface area (TPSA) is 38.3 Å². The van der Waals surface area contributed by atoms with Crippen molar-refractivity contribution >= 4 is 5.91 Å². The van der Waals surface area contributed by atoms with Crippen molar-refractivity contribution in [2.45, 2.75) is 44.9 Å². The van der Waals surface area contributed by atoms with Crippen molar-refractivity contribution in [1.82, 2.24) is 5.32 Å². The molecule has 1 aromatic rings. The maximum Gasteiger partial charge on any atom is 0.227 e. The van der Waals surface area contributed by atoms with E-state index in [1.807, 2.05) is 6.07 Å². The molecule has 0 aromatic heterocycles. The van der Waals surface area contributed by atoms with Crippen LogP contribution in [0.1, 0.15) is 50.7 Å². The molecule has 0 spiro atoms. The van der Waals surface area contributed by atoms with Crippen LogP contribution in [-0.4, -0.2) is 19.6 Å². The fraction of sp³-hybridized carbons (Fsp3) is 0.562. The number of carbonyl (C=O) groups excluding carboxylic acids is 1. The van der Waals surface area contributed by atoms with E-state index in [9.17, 15) is 4.79 Å². The third-order valence-electron chi connectivity index (χ3n) is 3.76. The molecule has 1 aliphatic heterocycles. The van der Waals surface area contributed by atoms with E-state index < -0.39 is 0 Å². The normalized spacial score (nSPS) is 20.0. The molecule has 1 N–H and O–H groups in total. The van der Waals surface area contributed by atoms with Gasteiger partial charge in [-0.1, -0.05) is 32.9 Å². The molecule has 0 saturated carbocycles. The van der Waals surface area contributed by atoms with E-state index in [0.29, 0.717) is 0 Å². The van der Waals surface area contributed by atoms with Gasteiger partial charge in [-0.15, -0.1) is 0 Å². The minimum Gasteiger partial charge on any atom is -0.496 e. The molecule has 104 valence electrons. The van der Waals surface area contributed by atoms with Crippen LogP contribution in [0.5, 0.6) is 5.75 Å². The zero-order valence-corrected chi connectivity index (χ0v) is 12.2. The number of nitrogens with one attached hydrogen (secondary N) is 1. The Kier molecular flexibility index (Phi) is 3.83. The molecule has 0 radical (unpaired) electrons. The molecule has 3 heteroatoms. The van der Waals surface area contributed by atoms with Crippen LogP contribution in [0.3, 0.4) is 0 Å². The summed E-state index contributed by atoms with van der Waals surface area (Å²) in [5.74, 6) is 0.858. The van der Waals surface area contributed by atoms with E-state index in [-0.39, 0.29) is 17.2 Å². The van der Waals surface area contributed by atoms with Crippen molar-refractivity contribution in [2.75, 3.05) is 13.7 Å². The summed E-state index contributed by atoms with van der Waals surface area (Å²) in [4.78, 5) is 12.1. The molecular weight excluding hydrogens is 238 g/mol. The molecule has 1 aromatic carbocycles. The highest BCUT2D eigenvalue weighted by molar-refractivity contribution is 5.85. The lowest BCUT2D eigenvalue weighted by molar-refractivity contribution is -0.123. The summed E-state index contributed by atoms with van der Waals surface area (Å²) in [5, 5.41) is 2.95. The largest absolute Gasteiger partial charge is 0.496 e. The van der Waals surface area contributed by atoms with Gasteiger partial charge in [-0.25, -0.2) is 0 Å². The lowest BCUT2D eigenvalue weighted by Gasteiger charge is -2.26. The van der Waals surface area contributed by atoms with E-state index >= 15 is 0 Å². The summed E-state index contributed by atoms with van der Waals surface area (Å²) in [6.45, 7) is 7.33. The van der Waals surface area contributed by atoms with Crippen LogP contribution in [0.25, 0.3) is 0 Å². The molecule has 2 rings (SSSR count). The van der Waals surface area contributed by atoms with Gasteiger partial charge in [-0.2, -0.15) is 0 Å². The second-order valence-electron chi connectivity index (χ2n) is 6.19. The van der Waals surface area contributed by atoms with Gasteiger partial charge in [-0.3, -0.25) is 4.79 Å². The van der Waals surface area contributed by atoms with Gasteiger partial charge in [0.2, 0.25) is 5.91 Å². The van der Waals surface area contributed by atoms with Gasteiger partial charge in [0.25, 0.3) is 0 Å². The lowest BCUT2D eigenvalue weighted by Crippen LogP contribution is -2.35. The summed E-state index contributed by atoms with van der Waals surface area (Å²) >= 11 is 0. The van der Waals surface area contributed by atoms with Gasteiger partial charge in [-0.05, 0) is 29.9 Å². The number of rotatable bonds is 2. The van der Waals surface area contributed by atoms with Crippen LogP contribution in [-0.2, 0) is 10.2 Å². The van der Waals surface area contributed by atoms with Crippen molar-refractivity contribution in [1.29, 1.82) is 0 Å². The first-order chi connectivity index (χ1) is 8.93. The van der Waals surface area contributed by atoms with Crippen LogP contribution in [0.4, 0.5) is 0 Å². The second-order valence-corrected chi connectivity index (χ2v) is 6.19. The Bertz CT molecular complexity index is 474. The number of benzene rings is 1. The Hall–Kier alpha value is -1.51. The first-order valence-corrected chi connectivity index (χ1v) is 6.89. The zero-order valence-electron chi connectivity index (χ0n) is 12.2. The van der Waals surface area contributed by atoms with E-state index in [1.54, 1.807) is 7.11 Å². The van der Waals surface area contributed by atoms with Crippen molar-refractivity contribution in [3.63, 3.8) is 0 Å². The molecule has 1 heterocycles. The average Bonchev–Trinajstić information content (AvgIpc) is 2.37. The van der Waals surface area contributed by atoms with Crippen molar-refractivity contribution < 1.29 is 9.53 Å². The van der Waals surface area contributed by atoms with Gasteiger partial charge in [0, 0.05) is 12.1 Å². The molecule has 1 saturated heterocycles. The summed E-state index contributed by atoms with van der Waals surface area (Å²) in [6, 6.07) is 6.20. The number of piperidine rings is 1. The van der Waals surface area contributed by atoms with Crippen LogP contribution < -0.4 is 10.1 Å². The Labute approximate surface area is 115 Å². The van der Waals surface area contributed by atoms with Crippen molar-refractivity contribution in [3.05, 3.63) is 29.3 Å². The fourth-order valence-corrected chi connectivity index (χ4v) is 2.54. The highest BCUT2D eigenvalue weighted by atomic mass is 16.5. The van der Waals surface area contributed by atoms with E-state index in [1.165, 1.54) is 5.56 Å². The second kappa shape index (κ2) is 5.24. The number of ether oxygens (including phenoxy) is 1. The SMILES string of the molecule is COc1ccc(C(C)(C)C)cc1C1CCCNC1=O. The predicted octanol–water partition coefficient (Wildman–Crippen LogP) is 2.99. The molecule has 1 amide bonds. The number of amides is 1. The number of carbonyl (C=O) groups is 1. The molecular formula is C16H23NO2. The molecule has 19 heavy (non-hydrogen) atoms. The van der Waals surface area contributed by atoms with Crippen molar-refractivity contribution in [3.8, 4) is 5.75 Å². The van der Waals surface area contributed by atoms with Gasteiger partial charge in [0.1, 0.15) is 5.75 Å². The van der Waals surface area contributed by atoms with Crippen LogP contribution in [0.2, 0.25) is 0 Å². The van der Waals surface area contributed by atoms with Gasteiger partial charge in [0.15, 0.2) is 0 Å². The lowest BCUT2D eigenvalue weighted by atomic mass is 9.82. The Morgan fingerprint density at radius 2 is 2.05 bits per heavy atom. The Balaban J connectivity index is 2.44. The van der Waals surface area contributed by atoms with Crippen LogP contribution in [0, 0.1) is 0 Å². The highest BCUT2D eigenvalue weighted by Crippen LogP contribution is 2.35. The minimum absolute atomic E-state index is 0.0756. The Morgan fingerprint density at radius 3 is 2.63 bits per heavy atom. The minimum atomic E-state index is -0.0778. The molecule has 1 fully saturated rings. The third kappa shape index (κ3) is 2.91. The van der Waals surface area contributed by atoms with Crippen molar-refractivity contribution in [2.24, 2.45) is 0 Å². The quantitative estimate of drug-likeness (QED) is 0.888. The molecule has 0 aliphatic carbocycles. The summed E-state index contributed by atoms with van der Waals surface area (Å²) in [5.41, 5.74) is 2.33. The molecule has 1 aliphatic rings. The zero-order chi connectivity index (χ0) is 14.0. The molecule has 0 bridgehead atoms. The maximum absolute atomic E-state index is 12.1. The molecule has 1 unspecified atom stereocenters. The van der Waals surface area contributed by atoms with Gasteiger partial charge < -0.3 is 10.1 Å². The molecule has 1 atom stereocenters. The van der Waals surface area contributed by atoms with Gasteiger partial charge >= 0.3 is 0 Å². The average molecular weight is 261 g/mol. The Morgan fingerprint density at radius 1 is 1.32 bits per heavy atom. The summed E-state index contributed by atoms with van der Waals surface area (Å²) < 4.78 is 5.43. The van der Waals surface area contributed by atoms with Gasteiger partial charge in [0.05, 0.1) is 13.0 Å². The first-order valence-electron chi connectivity index (χ1n) is 6.89. The summed E-state index contributed by atoms with van der Waals surface area (Å²) in [7, 11) is 1.66. The molecule has 3 nitrogen and oxygen atoms in total. The predicted molar refractivity (Wildman–Crippen MR) is 76.7 cm³/mol. The highest BCUT2D eigenvalue weighted by Gasteiger charge is 2.27. The third-order valence-corrected chi connectivity index (χ3v) is 3.76. The summed E-state index contributed by atoms with van der Waals surface area (Å²) in [6.07, 6.45) is 1.93. The number of hydrogen-bond donors (Lipinski definition) is 1. The monoisotopic (exact) mass is 261 g/mol. The fourth-order valence-electron chi connectivity index (χ4n) is 2.54. The van der Waals surface area contributed by atoms with Crippen LogP contribution >= 0.6 is 0 Å². The number of hydrogen-bond acceptors (Lipinski definition) is 2. The smallest absolute Gasteiger partial charge is 0.227 e. The van der Waals surface area contributed by atoms with E-state index in [4.69, 9.17) is 4.74 Å². The van der Waals surface area contributed by atoms with E-state index in [2.05, 4.69) is 38.2 Å². The maximum atomic E-state index is 12.1. The first kappa shape index (κ1) is 13.9.